The number of carbonyl (C=O) groups is 2. The molecular weight excluding hydrogens is 351 g/mol. The van der Waals surface area contributed by atoms with Crippen LogP contribution in [0.1, 0.15) is 32.1 Å². The Morgan fingerprint density at radius 3 is 2.29 bits per heavy atom. The zero-order valence-electron chi connectivity index (χ0n) is 14.7. The molecule has 0 aromatic heterocycles. The summed E-state index contributed by atoms with van der Waals surface area (Å²) in [5.74, 6) is 0.797. The SMILES string of the molecule is CN(C)C(=O)CN1CCC(NC(=O)[C@@H]2CCC[C@@H]2CN)CC1.Cl.Cl. The van der Waals surface area contributed by atoms with Crippen LogP contribution in [0.4, 0.5) is 0 Å². The lowest BCUT2D eigenvalue weighted by Crippen LogP contribution is -2.48. The van der Waals surface area contributed by atoms with Crippen LogP contribution in [0.2, 0.25) is 0 Å². The first-order chi connectivity index (χ1) is 10.5. The first-order valence-corrected chi connectivity index (χ1v) is 8.44. The van der Waals surface area contributed by atoms with Crippen molar-refractivity contribution in [2.75, 3.05) is 40.3 Å². The van der Waals surface area contributed by atoms with Gasteiger partial charge in [-0.3, -0.25) is 14.5 Å². The van der Waals surface area contributed by atoms with Gasteiger partial charge in [0.15, 0.2) is 0 Å². The predicted octanol–water partition coefficient (Wildman–Crippen LogP) is 0.874. The maximum Gasteiger partial charge on any atom is 0.236 e. The number of likely N-dealkylation sites (N-methyl/N-ethyl adjacent to an activating group) is 1. The average molecular weight is 383 g/mol. The van der Waals surface area contributed by atoms with Gasteiger partial charge in [-0.25, -0.2) is 0 Å². The lowest BCUT2D eigenvalue weighted by Gasteiger charge is -2.33. The molecule has 2 amide bonds. The van der Waals surface area contributed by atoms with E-state index >= 15 is 0 Å². The monoisotopic (exact) mass is 382 g/mol. The van der Waals surface area contributed by atoms with Crippen molar-refractivity contribution in [2.24, 2.45) is 17.6 Å². The third-order valence-corrected chi connectivity index (χ3v) is 5.09. The maximum atomic E-state index is 12.4. The second-order valence-electron chi connectivity index (χ2n) is 6.88. The number of nitrogens with one attached hydrogen (secondary N) is 1. The summed E-state index contributed by atoms with van der Waals surface area (Å²) in [6, 6.07) is 0.247. The van der Waals surface area contributed by atoms with E-state index in [1.165, 1.54) is 0 Å². The highest BCUT2D eigenvalue weighted by Gasteiger charge is 2.33. The van der Waals surface area contributed by atoms with Gasteiger partial charge in [0.25, 0.3) is 0 Å². The summed E-state index contributed by atoms with van der Waals surface area (Å²) in [5.41, 5.74) is 5.76. The van der Waals surface area contributed by atoms with Gasteiger partial charge in [-0.05, 0) is 38.1 Å². The molecule has 2 atom stereocenters. The van der Waals surface area contributed by atoms with Crippen LogP contribution in [0.25, 0.3) is 0 Å². The van der Waals surface area contributed by atoms with Crippen LogP contribution in [0, 0.1) is 11.8 Å². The topological polar surface area (TPSA) is 78.7 Å². The molecule has 0 aromatic carbocycles. The molecule has 0 aromatic rings. The van der Waals surface area contributed by atoms with Crippen LogP contribution in [0.5, 0.6) is 0 Å². The molecule has 1 aliphatic carbocycles. The fourth-order valence-corrected chi connectivity index (χ4v) is 3.54. The molecule has 0 bridgehead atoms. The van der Waals surface area contributed by atoms with Gasteiger partial charge in [-0.2, -0.15) is 0 Å². The van der Waals surface area contributed by atoms with E-state index < -0.39 is 0 Å². The van der Waals surface area contributed by atoms with Crippen molar-refractivity contribution in [2.45, 2.75) is 38.1 Å². The Balaban J connectivity index is 0.00000264. The summed E-state index contributed by atoms with van der Waals surface area (Å²) in [7, 11) is 3.57. The quantitative estimate of drug-likeness (QED) is 0.739. The first-order valence-electron chi connectivity index (χ1n) is 8.44. The van der Waals surface area contributed by atoms with Crippen molar-refractivity contribution in [3.05, 3.63) is 0 Å². The Morgan fingerprint density at radius 2 is 1.75 bits per heavy atom. The number of nitrogens with zero attached hydrogens (tertiary/aromatic N) is 2. The summed E-state index contributed by atoms with van der Waals surface area (Å²) >= 11 is 0. The molecule has 1 saturated carbocycles. The molecule has 1 heterocycles. The second kappa shape index (κ2) is 11.1. The molecule has 8 heteroatoms. The minimum atomic E-state index is 0. The zero-order valence-corrected chi connectivity index (χ0v) is 16.3. The number of carbonyl (C=O) groups excluding carboxylic acids is 2. The minimum Gasteiger partial charge on any atom is -0.353 e. The number of nitrogens with two attached hydrogens (primary N) is 1. The molecule has 2 rings (SSSR count). The van der Waals surface area contributed by atoms with Gasteiger partial charge in [0.2, 0.25) is 11.8 Å². The third-order valence-electron chi connectivity index (χ3n) is 5.09. The normalized spacial score (nSPS) is 24.6. The Labute approximate surface area is 157 Å². The molecule has 1 saturated heterocycles. The highest BCUT2D eigenvalue weighted by atomic mass is 35.5. The Kier molecular flexibility index (Phi) is 10.9. The van der Waals surface area contributed by atoms with Gasteiger partial charge in [0.1, 0.15) is 0 Å². The van der Waals surface area contributed by atoms with Crippen LogP contribution in [-0.2, 0) is 9.59 Å². The lowest BCUT2D eigenvalue weighted by molar-refractivity contribution is -0.131. The van der Waals surface area contributed by atoms with E-state index in [-0.39, 0.29) is 48.6 Å². The highest BCUT2D eigenvalue weighted by Crippen LogP contribution is 2.31. The zero-order chi connectivity index (χ0) is 16.1. The predicted molar refractivity (Wildman–Crippen MR) is 101 cm³/mol. The fourth-order valence-electron chi connectivity index (χ4n) is 3.54. The Hall–Kier alpha value is -0.560. The van der Waals surface area contributed by atoms with Crippen LogP contribution in [0.3, 0.4) is 0 Å². The number of halogens is 2. The van der Waals surface area contributed by atoms with E-state index in [0.717, 1.165) is 45.2 Å². The Bertz CT molecular complexity index is 402. The van der Waals surface area contributed by atoms with Crippen molar-refractivity contribution in [1.29, 1.82) is 0 Å². The van der Waals surface area contributed by atoms with Crippen LogP contribution >= 0.6 is 24.8 Å². The number of piperidine rings is 1. The summed E-state index contributed by atoms with van der Waals surface area (Å²) in [5, 5.41) is 3.21. The number of hydrogen-bond acceptors (Lipinski definition) is 4. The van der Waals surface area contributed by atoms with E-state index in [1.807, 2.05) is 0 Å². The van der Waals surface area contributed by atoms with Crippen LogP contribution in [0.15, 0.2) is 0 Å². The van der Waals surface area contributed by atoms with Gasteiger partial charge >= 0.3 is 0 Å². The van der Waals surface area contributed by atoms with E-state index in [0.29, 0.717) is 19.0 Å². The number of hydrogen-bond donors (Lipinski definition) is 2. The smallest absolute Gasteiger partial charge is 0.236 e. The van der Waals surface area contributed by atoms with Gasteiger partial charge in [-0.1, -0.05) is 6.42 Å². The first kappa shape index (κ1) is 23.4. The van der Waals surface area contributed by atoms with Crippen molar-refractivity contribution in [3.8, 4) is 0 Å². The van der Waals surface area contributed by atoms with Crippen molar-refractivity contribution in [3.63, 3.8) is 0 Å². The van der Waals surface area contributed by atoms with E-state index in [1.54, 1.807) is 19.0 Å². The molecule has 6 nitrogen and oxygen atoms in total. The van der Waals surface area contributed by atoms with Gasteiger partial charge < -0.3 is 16.0 Å². The molecule has 0 spiro atoms. The summed E-state index contributed by atoms with van der Waals surface area (Å²) in [6.07, 6.45) is 5.02. The van der Waals surface area contributed by atoms with E-state index in [9.17, 15) is 9.59 Å². The van der Waals surface area contributed by atoms with Crippen LogP contribution < -0.4 is 11.1 Å². The number of likely N-dealkylation sites (tertiary alicyclic amines) is 1. The van der Waals surface area contributed by atoms with Crippen molar-refractivity contribution in [1.82, 2.24) is 15.1 Å². The lowest BCUT2D eigenvalue weighted by atomic mass is 9.94. The van der Waals surface area contributed by atoms with Gasteiger partial charge in [0.05, 0.1) is 6.54 Å². The highest BCUT2D eigenvalue weighted by molar-refractivity contribution is 5.85. The summed E-state index contributed by atoms with van der Waals surface area (Å²) < 4.78 is 0. The third kappa shape index (κ3) is 6.39. The molecule has 1 aliphatic heterocycles. The van der Waals surface area contributed by atoms with Crippen molar-refractivity contribution < 1.29 is 9.59 Å². The van der Waals surface area contributed by atoms with Crippen molar-refractivity contribution >= 4 is 36.6 Å². The molecular formula is C16H32Cl2N4O2. The molecule has 3 N–H and O–H groups in total. The Morgan fingerprint density at radius 1 is 1.12 bits per heavy atom. The van der Waals surface area contributed by atoms with E-state index in [2.05, 4.69) is 10.2 Å². The van der Waals surface area contributed by atoms with Gasteiger partial charge in [0, 0.05) is 39.1 Å². The maximum absolute atomic E-state index is 12.4. The molecule has 24 heavy (non-hydrogen) atoms. The summed E-state index contributed by atoms with van der Waals surface area (Å²) in [4.78, 5) is 27.9. The fraction of sp³-hybridized carbons (Fsp3) is 0.875. The molecule has 2 fully saturated rings. The standard InChI is InChI=1S/C16H30N4O2.2ClH/c1-19(2)15(21)11-20-8-6-13(7-9-20)18-16(22)14-5-3-4-12(14)10-17;;/h12-14H,3-11,17H2,1-2H3,(H,18,22);2*1H/t12-,14-;;/m1../s1. The molecule has 0 radical (unpaired) electrons. The summed E-state index contributed by atoms with van der Waals surface area (Å²) in [6.45, 7) is 2.83. The van der Waals surface area contributed by atoms with Crippen LogP contribution in [-0.4, -0.2) is 67.9 Å². The number of amides is 2. The molecule has 2 aliphatic rings. The molecule has 0 unspecified atom stereocenters. The van der Waals surface area contributed by atoms with E-state index in [4.69, 9.17) is 5.73 Å². The number of rotatable bonds is 5. The molecule has 142 valence electrons. The second-order valence-corrected chi connectivity index (χ2v) is 6.88. The van der Waals surface area contributed by atoms with Gasteiger partial charge in [-0.15, -0.1) is 24.8 Å². The largest absolute Gasteiger partial charge is 0.353 e. The minimum absolute atomic E-state index is 0. The average Bonchev–Trinajstić information content (AvgIpc) is 2.97.